The average molecular weight is 395 g/mol. The number of hydrogen-bond acceptors (Lipinski definition) is 6. The molecule has 1 saturated heterocycles. The maximum Gasteiger partial charge on any atom is 0.331 e. The molecule has 5 nitrogen and oxygen atoms in total. The van der Waals surface area contributed by atoms with Gasteiger partial charge in [0.15, 0.2) is 12.2 Å². The van der Waals surface area contributed by atoms with E-state index in [1.54, 1.807) is 30.3 Å². The molecule has 0 saturated carbocycles. The third-order valence-corrected chi connectivity index (χ3v) is 4.89. The van der Waals surface area contributed by atoms with Crippen molar-refractivity contribution in [2.45, 2.75) is 41.8 Å². The fourth-order valence-corrected chi connectivity index (χ4v) is 4.03. The fourth-order valence-electron chi connectivity index (χ4n) is 2.51. The number of halogens is 3. The number of rotatable bonds is 5. The zero-order valence-electron chi connectivity index (χ0n) is 13.5. The van der Waals surface area contributed by atoms with Crippen molar-refractivity contribution >= 4 is 35.3 Å². The van der Waals surface area contributed by atoms with E-state index in [-0.39, 0.29) is 6.61 Å². The Labute approximate surface area is 152 Å². The van der Waals surface area contributed by atoms with E-state index < -0.39 is 40.9 Å². The van der Waals surface area contributed by atoms with Crippen molar-refractivity contribution < 1.29 is 32.6 Å². The summed E-state index contributed by atoms with van der Waals surface area (Å²) in [5.74, 6) is -3.18. The van der Waals surface area contributed by atoms with Gasteiger partial charge in [-0.3, -0.25) is 9.59 Å². The van der Waals surface area contributed by atoms with Gasteiger partial charge in [-0.1, -0.05) is 30.0 Å². The maximum absolute atomic E-state index is 14.1. The summed E-state index contributed by atoms with van der Waals surface area (Å²) in [6.45, 7) is 2.03. The number of esters is 2. The van der Waals surface area contributed by atoms with Crippen LogP contribution in [0, 0.1) is 5.92 Å². The highest BCUT2D eigenvalue weighted by molar-refractivity contribution is 7.99. The molecule has 0 aromatic heterocycles. The molecule has 1 aromatic rings. The zero-order valence-corrected chi connectivity index (χ0v) is 15.1. The number of thioether (sulfide) groups is 1. The van der Waals surface area contributed by atoms with Crippen LogP contribution in [-0.2, 0) is 23.8 Å². The van der Waals surface area contributed by atoms with Crippen molar-refractivity contribution in [1.82, 2.24) is 0 Å². The molecular formula is C16H17ClF2O5S. The minimum absolute atomic E-state index is 0.189. The topological polar surface area (TPSA) is 61.8 Å². The molecule has 1 aliphatic rings. The Morgan fingerprint density at radius 1 is 1.20 bits per heavy atom. The fraction of sp³-hybridized carbons (Fsp3) is 0.500. The number of ether oxygens (including phenoxy) is 3. The molecule has 0 unspecified atom stereocenters. The van der Waals surface area contributed by atoms with Gasteiger partial charge in [0, 0.05) is 18.7 Å². The summed E-state index contributed by atoms with van der Waals surface area (Å²) in [4.78, 5) is 23.3. The summed E-state index contributed by atoms with van der Waals surface area (Å²) >= 11 is 6.33. The van der Waals surface area contributed by atoms with Crippen molar-refractivity contribution in [3.05, 3.63) is 30.3 Å². The van der Waals surface area contributed by atoms with Gasteiger partial charge < -0.3 is 14.2 Å². The normalized spacial score (nSPS) is 26.8. The maximum atomic E-state index is 14.1. The predicted molar refractivity (Wildman–Crippen MR) is 87.4 cm³/mol. The summed E-state index contributed by atoms with van der Waals surface area (Å²) in [6, 6.07) is 8.76. The number of alkyl halides is 3. The van der Waals surface area contributed by atoms with Gasteiger partial charge in [-0.25, -0.2) is 0 Å². The molecule has 0 radical (unpaired) electrons. The SMILES string of the molecule is CC(=O)O[C@H]1[C@H](C(F)(F)Cl)[C@@H](Sc2ccccc2)OC[C@H]1OC(C)=O. The molecule has 1 fully saturated rings. The summed E-state index contributed by atoms with van der Waals surface area (Å²) in [5.41, 5.74) is -1.09. The van der Waals surface area contributed by atoms with Crippen LogP contribution in [0.1, 0.15) is 13.8 Å². The molecular weight excluding hydrogens is 378 g/mol. The van der Waals surface area contributed by atoms with Crippen molar-refractivity contribution in [2.24, 2.45) is 5.92 Å². The monoisotopic (exact) mass is 394 g/mol. The van der Waals surface area contributed by atoms with Gasteiger partial charge in [0.25, 0.3) is 0 Å². The molecule has 25 heavy (non-hydrogen) atoms. The lowest BCUT2D eigenvalue weighted by Gasteiger charge is -2.42. The third kappa shape index (κ3) is 5.55. The average Bonchev–Trinajstić information content (AvgIpc) is 2.48. The number of benzene rings is 1. The molecule has 2 rings (SSSR count). The first-order chi connectivity index (χ1) is 11.7. The first-order valence-electron chi connectivity index (χ1n) is 7.43. The molecule has 1 aromatic carbocycles. The summed E-state index contributed by atoms with van der Waals surface area (Å²) in [7, 11) is 0. The second kappa shape index (κ2) is 8.33. The lowest BCUT2D eigenvalue weighted by Crippen LogP contribution is -2.56. The highest BCUT2D eigenvalue weighted by Crippen LogP contribution is 2.45. The highest BCUT2D eigenvalue weighted by Gasteiger charge is 2.56. The van der Waals surface area contributed by atoms with E-state index in [9.17, 15) is 18.4 Å². The Hall–Kier alpha value is -1.38. The molecule has 1 aliphatic heterocycles. The van der Waals surface area contributed by atoms with Crippen molar-refractivity contribution in [3.63, 3.8) is 0 Å². The summed E-state index contributed by atoms with van der Waals surface area (Å²) < 4.78 is 43.7. The molecule has 0 bridgehead atoms. The van der Waals surface area contributed by atoms with Crippen molar-refractivity contribution in [3.8, 4) is 0 Å². The molecule has 0 aliphatic carbocycles. The number of carbonyl (C=O) groups is 2. The number of hydrogen-bond donors (Lipinski definition) is 0. The van der Waals surface area contributed by atoms with Crippen molar-refractivity contribution in [2.75, 3.05) is 6.61 Å². The largest absolute Gasteiger partial charge is 0.458 e. The Morgan fingerprint density at radius 2 is 1.80 bits per heavy atom. The Kier molecular flexibility index (Phi) is 6.65. The minimum Gasteiger partial charge on any atom is -0.458 e. The van der Waals surface area contributed by atoms with Crippen LogP contribution in [0.15, 0.2) is 35.2 Å². The third-order valence-electron chi connectivity index (χ3n) is 3.43. The Bertz CT molecular complexity index is 610. The van der Waals surface area contributed by atoms with Crippen LogP contribution in [0.3, 0.4) is 0 Å². The van der Waals surface area contributed by atoms with Gasteiger partial charge in [0.1, 0.15) is 11.4 Å². The number of carbonyl (C=O) groups excluding carboxylic acids is 2. The zero-order chi connectivity index (χ0) is 18.6. The lowest BCUT2D eigenvalue weighted by atomic mass is 9.95. The molecule has 138 valence electrons. The van der Waals surface area contributed by atoms with Crippen LogP contribution >= 0.6 is 23.4 Å². The van der Waals surface area contributed by atoms with Crippen LogP contribution in [0.2, 0.25) is 0 Å². The summed E-state index contributed by atoms with van der Waals surface area (Å²) in [6.07, 6.45) is -2.59. The van der Waals surface area contributed by atoms with E-state index in [0.717, 1.165) is 25.6 Å². The van der Waals surface area contributed by atoms with Gasteiger partial charge in [-0.15, -0.1) is 0 Å². The van der Waals surface area contributed by atoms with E-state index in [2.05, 4.69) is 0 Å². The van der Waals surface area contributed by atoms with E-state index in [4.69, 9.17) is 25.8 Å². The minimum atomic E-state index is -3.74. The van der Waals surface area contributed by atoms with E-state index >= 15 is 0 Å². The van der Waals surface area contributed by atoms with Gasteiger partial charge in [-0.05, 0) is 23.7 Å². The van der Waals surface area contributed by atoms with Crippen LogP contribution < -0.4 is 0 Å². The second-order valence-electron chi connectivity index (χ2n) is 5.42. The van der Waals surface area contributed by atoms with E-state index in [0.29, 0.717) is 4.90 Å². The highest BCUT2D eigenvalue weighted by atomic mass is 35.5. The predicted octanol–water partition coefficient (Wildman–Crippen LogP) is 3.45. The molecule has 1 heterocycles. The quantitative estimate of drug-likeness (QED) is 0.563. The molecule has 0 amide bonds. The second-order valence-corrected chi connectivity index (χ2v) is 7.10. The van der Waals surface area contributed by atoms with Gasteiger partial charge in [-0.2, -0.15) is 8.78 Å². The van der Waals surface area contributed by atoms with E-state index in [1.165, 1.54) is 0 Å². The Morgan fingerprint density at radius 3 is 2.32 bits per heavy atom. The van der Waals surface area contributed by atoms with Gasteiger partial charge in [0.05, 0.1) is 6.61 Å². The van der Waals surface area contributed by atoms with Gasteiger partial charge in [0.2, 0.25) is 0 Å². The van der Waals surface area contributed by atoms with Crippen molar-refractivity contribution in [1.29, 1.82) is 0 Å². The Balaban J connectivity index is 2.31. The first kappa shape index (κ1) is 19.9. The molecule has 9 heteroatoms. The summed E-state index contributed by atoms with van der Waals surface area (Å²) in [5, 5.41) is -3.74. The molecule has 0 N–H and O–H groups in total. The standard InChI is InChI=1S/C16H17ClF2O5S/c1-9(20)23-12-8-22-15(25-11-6-4-3-5-7-11)13(16(17,18)19)14(12)24-10(2)21/h3-7,12-15H,8H2,1-2H3/t12-,13+,14-,15-/m1/s1. The first-order valence-corrected chi connectivity index (χ1v) is 8.68. The molecule has 0 spiro atoms. The smallest absolute Gasteiger partial charge is 0.331 e. The van der Waals surface area contributed by atoms with Crippen LogP contribution in [-0.4, -0.2) is 41.6 Å². The van der Waals surface area contributed by atoms with Crippen LogP contribution in [0.25, 0.3) is 0 Å². The van der Waals surface area contributed by atoms with Gasteiger partial charge >= 0.3 is 17.3 Å². The molecule has 4 atom stereocenters. The lowest BCUT2D eigenvalue weighted by molar-refractivity contribution is -0.211. The van der Waals surface area contributed by atoms with Crippen LogP contribution in [0.5, 0.6) is 0 Å². The van der Waals surface area contributed by atoms with E-state index in [1.807, 2.05) is 0 Å². The van der Waals surface area contributed by atoms with Crippen LogP contribution in [0.4, 0.5) is 8.78 Å².